The topological polar surface area (TPSA) is 15.3 Å². The van der Waals surface area contributed by atoms with E-state index >= 15 is 0 Å². The number of rotatable bonds is 6. The lowest BCUT2D eigenvalue weighted by Crippen LogP contribution is -2.07. The highest BCUT2D eigenvalue weighted by molar-refractivity contribution is 6.21. The van der Waals surface area contributed by atoms with Crippen LogP contribution in [0.2, 0.25) is 0 Å². The molecule has 0 aromatic heterocycles. The molecular formula is C37H32N2. The molecule has 0 atom stereocenters. The number of fused-ring (bicyclic) bond motifs is 5. The molecule has 0 saturated carbocycles. The highest BCUT2D eigenvalue weighted by Gasteiger charge is 2.10. The minimum absolute atomic E-state index is 1.12. The van der Waals surface area contributed by atoms with Gasteiger partial charge in [-0.2, -0.15) is 0 Å². The monoisotopic (exact) mass is 504 g/mol. The molecule has 0 unspecified atom stereocenters. The van der Waals surface area contributed by atoms with Gasteiger partial charge in [0.15, 0.2) is 0 Å². The summed E-state index contributed by atoms with van der Waals surface area (Å²) in [6, 6.07) is 39.4. The van der Waals surface area contributed by atoms with E-state index in [2.05, 4.69) is 158 Å². The van der Waals surface area contributed by atoms with Crippen LogP contribution in [0.3, 0.4) is 0 Å². The van der Waals surface area contributed by atoms with Crippen molar-refractivity contribution in [1.82, 2.24) is 0 Å². The van der Waals surface area contributed by atoms with Crippen molar-refractivity contribution in [2.45, 2.75) is 0 Å². The Morgan fingerprint density at radius 3 is 1.36 bits per heavy atom. The van der Waals surface area contributed by atoms with Crippen molar-refractivity contribution in [3.63, 3.8) is 0 Å². The molecule has 39 heavy (non-hydrogen) atoms. The summed E-state index contributed by atoms with van der Waals surface area (Å²) in [5.41, 5.74) is 7.15. The molecule has 0 spiro atoms. The van der Waals surface area contributed by atoms with Crippen LogP contribution in [0.4, 0.5) is 11.4 Å². The van der Waals surface area contributed by atoms with Gasteiger partial charge in [-0.25, -0.2) is 0 Å². The number of nitrogens with one attached hydrogen (secondary N) is 1. The predicted octanol–water partition coefficient (Wildman–Crippen LogP) is 9.59. The minimum atomic E-state index is 1.12. The zero-order valence-corrected chi connectivity index (χ0v) is 22.6. The summed E-state index contributed by atoms with van der Waals surface area (Å²) in [4.78, 5) is 2.12. The Labute approximate surface area is 230 Å². The van der Waals surface area contributed by atoms with Crippen LogP contribution < -0.4 is 10.2 Å². The van der Waals surface area contributed by atoms with Gasteiger partial charge in [0, 0.05) is 32.5 Å². The molecule has 2 heteroatoms. The fourth-order valence-electron chi connectivity index (χ4n) is 5.30. The first-order valence-corrected chi connectivity index (χ1v) is 13.4. The Kier molecular flexibility index (Phi) is 6.61. The third-order valence-electron chi connectivity index (χ3n) is 7.47. The molecule has 0 fully saturated rings. The predicted molar refractivity (Wildman–Crippen MR) is 174 cm³/mol. The van der Waals surface area contributed by atoms with Crippen LogP contribution in [0.5, 0.6) is 0 Å². The second-order valence-corrected chi connectivity index (χ2v) is 10.1. The van der Waals surface area contributed by atoms with E-state index in [0.29, 0.717) is 0 Å². The zero-order chi connectivity index (χ0) is 26.8. The van der Waals surface area contributed by atoms with Crippen LogP contribution in [0.1, 0.15) is 22.3 Å². The van der Waals surface area contributed by atoms with Crippen molar-refractivity contribution in [3.05, 3.63) is 131 Å². The Morgan fingerprint density at radius 1 is 0.487 bits per heavy atom. The van der Waals surface area contributed by atoms with Gasteiger partial charge in [-0.1, -0.05) is 97.1 Å². The van der Waals surface area contributed by atoms with Gasteiger partial charge >= 0.3 is 0 Å². The SMILES string of the molecule is CNc1ccc(/C=C/c2cc3c4ccccc4c(/C=C/c4ccc(N(C)C)cc4)cc3c3ccccc23)cc1. The van der Waals surface area contributed by atoms with E-state index in [9.17, 15) is 0 Å². The zero-order valence-electron chi connectivity index (χ0n) is 22.6. The fourth-order valence-corrected chi connectivity index (χ4v) is 5.30. The third kappa shape index (κ3) is 4.89. The van der Waals surface area contributed by atoms with Crippen LogP contribution in [-0.2, 0) is 0 Å². The highest BCUT2D eigenvalue weighted by atomic mass is 15.1. The molecule has 0 aliphatic heterocycles. The van der Waals surface area contributed by atoms with Gasteiger partial charge < -0.3 is 10.2 Å². The Balaban J connectivity index is 1.49. The summed E-state index contributed by atoms with van der Waals surface area (Å²) in [6.07, 6.45) is 8.92. The van der Waals surface area contributed by atoms with Gasteiger partial charge in [0.25, 0.3) is 0 Å². The number of nitrogens with zero attached hydrogens (tertiary/aromatic N) is 1. The van der Waals surface area contributed by atoms with Crippen molar-refractivity contribution < 1.29 is 0 Å². The van der Waals surface area contributed by atoms with E-state index in [1.807, 2.05) is 7.05 Å². The van der Waals surface area contributed by atoms with E-state index in [0.717, 1.165) is 5.69 Å². The molecule has 0 radical (unpaired) electrons. The normalized spacial score (nSPS) is 11.8. The molecule has 6 rings (SSSR count). The van der Waals surface area contributed by atoms with Crippen molar-refractivity contribution in [2.24, 2.45) is 0 Å². The Morgan fingerprint density at radius 2 is 0.923 bits per heavy atom. The molecule has 2 nitrogen and oxygen atoms in total. The first-order chi connectivity index (χ1) is 19.1. The smallest absolute Gasteiger partial charge is 0.0361 e. The molecule has 0 aliphatic carbocycles. The van der Waals surface area contributed by atoms with Crippen molar-refractivity contribution in [2.75, 3.05) is 31.4 Å². The molecule has 1 N–H and O–H groups in total. The van der Waals surface area contributed by atoms with E-state index in [-0.39, 0.29) is 0 Å². The van der Waals surface area contributed by atoms with Crippen LogP contribution >= 0.6 is 0 Å². The maximum absolute atomic E-state index is 3.19. The van der Waals surface area contributed by atoms with E-state index in [1.165, 1.54) is 60.3 Å². The summed E-state index contributed by atoms with van der Waals surface area (Å²) in [6.45, 7) is 0. The minimum Gasteiger partial charge on any atom is -0.388 e. The summed E-state index contributed by atoms with van der Waals surface area (Å²) >= 11 is 0. The number of benzene rings is 6. The molecule has 190 valence electrons. The van der Waals surface area contributed by atoms with Crippen LogP contribution in [0.25, 0.3) is 56.6 Å². The molecule has 6 aromatic carbocycles. The molecule has 0 bridgehead atoms. The lowest BCUT2D eigenvalue weighted by molar-refractivity contribution is 1.13. The lowest BCUT2D eigenvalue weighted by atomic mass is 9.91. The summed E-state index contributed by atoms with van der Waals surface area (Å²) in [7, 11) is 6.08. The summed E-state index contributed by atoms with van der Waals surface area (Å²) < 4.78 is 0. The van der Waals surface area contributed by atoms with Gasteiger partial charge in [0.2, 0.25) is 0 Å². The molecule has 0 amide bonds. The number of hydrogen-bond acceptors (Lipinski definition) is 2. The molecule has 6 aromatic rings. The second kappa shape index (κ2) is 10.5. The first kappa shape index (κ1) is 24.5. The maximum atomic E-state index is 3.19. The fraction of sp³-hybridized carbons (Fsp3) is 0.0811. The maximum Gasteiger partial charge on any atom is 0.0361 e. The number of hydrogen-bond donors (Lipinski definition) is 1. The Bertz CT molecular complexity index is 1840. The van der Waals surface area contributed by atoms with Gasteiger partial charge in [-0.15, -0.1) is 0 Å². The molecule has 0 aliphatic rings. The van der Waals surface area contributed by atoms with Crippen LogP contribution in [-0.4, -0.2) is 21.1 Å². The first-order valence-electron chi connectivity index (χ1n) is 13.4. The van der Waals surface area contributed by atoms with Gasteiger partial charge in [0.1, 0.15) is 0 Å². The average Bonchev–Trinajstić information content (AvgIpc) is 2.99. The van der Waals surface area contributed by atoms with Crippen molar-refractivity contribution in [3.8, 4) is 0 Å². The Hall–Kier alpha value is -4.82. The third-order valence-corrected chi connectivity index (χ3v) is 7.47. The number of anilines is 2. The van der Waals surface area contributed by atoms with Crippen molar-refractivity contribution >= 4 is 68.0 Å². The van der Waals surface area contributed by atoms with E-state index < -0.39 is 0 Å². The van der Waals surface area contributed by atoms with Crippen LogP contribution in [0, 0.1) is 0 Å². The van der Waals surface area contributed by atoms with E-state index in [4.69, 9.17) is 0 Å². The van der Waals surface area contributed by atoms with Crippen LogP contribution in [0.15, 0.2) is 109 Å². The average molecular weight is 505 g/mol. The van der Waals surface area contributed by atoms with Gasteiger partial charge in [-0.05, 0) is 91.0 Å². The highest BCUT2D eigenvalue weighted by Crippen LogP contribution is 2.37. The van der Waals surface area contributed by atoms with Gasteiger partial charge in [-0.3, -0.25) is 0 Å². The van der Waals surface area contributed by atoms with Crippen molar-refractivity contribution in [1.29, 1.82) is 0 Å². The summed E-state index contributed by atoms with van der Waals surface area (Å²) in [5.74, 6) is 0. The second-order valence-electron chi connectivity index (χ2n) is 10.1. The molecule has 0 heterocycles. The largest absolute Gasteiger partial charge is 0.388 e. The molecule has 0 saturated heterocycles. The van der Waals surface area contributed by atoms with Gasteiger partial charge in [0.05, 0.1) is 0 Å². The lowest BCUT2D eigenvalue weighted by Gasteiger charge is -2.13. The standard InChI is InChI=1S/C37H32N2/c1-38-30-20-14-26(15-21-30)12-18-28-24-36-35-11-7-5-9-33(35)29(25-37(36)34-10-6-4-8-32(28)34)19-13-27-16-22-31(23-17-27)39(2)3/h4-25,38H,1-3H3/b18-12+,19-13+. The molecular weight excluding hydrogens is 472 g/mol. The van der Waals surface area contributed by atoms with E-state index in [1.54, 1.807) is 0 Å². The summed E-state index contributed by atoms with van der Waals surface area (Å²) in [5, 5.41) is 10.8. The quantitative estimate of drug-likeness (QED) is 0.179.